The molecule has 0 bridgehead atoms. The van der Waals surface area contributed by atoms with Crippen LogP contribution in [0.15, 0.2) is 24.4 Å². The zero-order chi connectivity index (χ0) is 14.0. The predicted molar refractivity (Wildman–Crippen MR) is 69.1 cm³/mol. The number of rotatable bonds is 3. The molecule has 0 atom stereocenters. The summed E-state index contributed by atoms with van der Waals surface area (Å²) in [6.07, 6.45) is 1.01. The van der Waals surface area contributed by atoms with Gasteiger partial charge in [-0.3, -0.25) is 20.0 Å². The molecule has 2 rings (SSSR count). The lowest BCUT2D eigenvalue weighted by Gasteiger charge is -2.07. The van der Waals surface area contributed by atoms with Crippen molar-refractivity contribution >= 4 is 17.3 Å². The Kier molecular flexibility index (Phi) is 3.28. The van der Waals surface area contributed by atoms with E-state index in [1.165, 1.54) is 0 Å². The summed E-state index contributed by atoms with van der Waals surface area (Å²) in [7, 11) is 0. The van der Waals surface area contributed by atoms with Crippen molar-refractivity contribution in [2.24, 2.45) is 0 Å². The molecule has 0 aliphatic carbocycles. The maximum Gasteiger partial charge on any atom is 0.319 e. The SMILES string of the molecule is Cc1ccc(NC(=O)c2[nH]ncc2[N+](=O)[O-])c(C)c1. The van der Waals surface area contributed by atoms with Gasteiger partial charge in [0.1, 0.15) is 6.20 Å². The topological polar surface area (TPSA) is 101 Å². The molecular weight excluding hydrogens is 248 g/mol. The number of nitrogens with one attached hydrogen (secondary N) is 2. The number of hydrogen-bond donors (Lipinski definition) is 2. The van der Waals surface area contributed by atoms with Crippen LogP contribution in [0, 0.1) is 24.0 Å². The average molecular weight is 260 g/mol. The molecule has 0 spiro atoms. The third-order valence-electron chi connectivity index (χ3n) is 2.67. The van der Waals surface area contributed by atoms with Crippen molar-refractivity contribution in [2.45, 2.75) is 13.8 Å². The first-order valence-electron chi connectivity index (χ1n) is 5.55. The van der Waals surface area contributed by atoms with E-state index in [9.17, 15) is 14.9 Å². The summed E-state index contributed by atoms with van der Waals surface area (Å²) in [6, 6.07) is 5.52. The third-order valence-corrected chi connectivity index (χ3v) is 2.67. The summed E-state index contributed by atoms with van der Waals surface area (Å²) in [5.41, 5.74) is 2.06. The zero-order valence-electron chi connectivity index (χ0n) is 10.4. The monoisotopic (exact) mass is 260 g/mol. The Morgan fingerprint density at radius 2 is 2.16 bits per heavy atom. The van der Waals surface area contributed by atoms with E-state index in [0.717, 1.165) is 17.3 Å². The summed E-state index contributed by atoms with van der Waals surface area (Å²) in [5, 5.41) is 19.2. The Hall–Kier alpha value is -2.70. The molecule has 2 aromatic rings. The number of benzene rings is 1. The molecule has 98 valence electrons. The van der Waals surface area contributed by atoms with Crippen molar-refractivity contribution in [2.75, 3.05) is 5.32 Å². The highest BCUT2D eigenvalue weighted by molar-refractivity contribution is 6.05. The third kappa shape index (κ3) is 2.59. The number of hydrogen-bond acceptors (Lipinski definition) is 4. The van der Waals surface area contributed by atoms with E-state index in [4.69, 9.17) is 0 Å². The molecule has 1 heterocycles. The second-order valence-electron chi connectivity index (χ2n) is 4.16. The smallest absolute Gasteiger partial charge is 0.319 e. The van der Waals surface area contributed by atoms with E-state index in [2.05, 4.69) is 15.5 Å². The van der Waals surface area contributed by atoms with Crippen LogP contribution in [0.2, 0.25) is 0 Å². The number of aromatic amines is 1. The van der Waals surface area contributed by atoms with Crippen molar-refractivity contribution in [1.82, 2.24) is 10.2 Å². The predicted octanol–water partition coefficient (Wildman–Crippen LogP) is 2.19. The second-order valence-corrected chi connectivity index (χ2v) is 4.16. The first-order chi connectivity index (χ1) is 8.99. The number of anilines is 1. The number of carbonyl (C=O) groups excluding carboxylic acids is 1. The molecule has 1 aromatic heterocycles. The maximum absolute atomic E-state index is 12.0. The number of carbonyl (C=O) groups is 1. The van der Waals surface area contributed by atoms with Gasteiger partial charge in [0.25, 0.3) is 5.91 Å². The van der Waals surface area contributed by atoms with E-state index < -0.39 is 10.8 Å². The van der Waals surface area contributed by atoms with Gasteiger partial charge in [-0.1, -0.05) is 17.7 Å². The van der Waals surface area contributed by atoms with Gasteiger partial charge in [0.05, 0.1) is 4.92 Å². The van der Waals surface area contributed by atoms with Gasteiger partial charge < -0.3 is 5.32 Å². The average Bonchev–Trinajstić information content (AvgIpc) is 2.82. The normalized spacial score (nSPS) is 10.2. The molecule has 7 heteroatoms. The van der Waals surface area contributed by atoms with Crippen LogP contribution in [0.4, 0.5) is 11.4 Å². The van der Waals surface area contributed by atoms with Gasteiger partial charge >= 0.3 is 5.69 Å². The van der Waals surface area contributed by atoms with Crippen LogP contribution in [0.3, 0.4) is 0 Å². The largest absolute Gasteiger partial charge is 0.320 e. The standard InChI is InChI=1S/C12H12N4O3/c1-7-3-4-9(8(2)5-7)14-12(17)11-10(16(18)19)6-13-15-11/h3-6H,1-2H3,(H,13,15)(H,14,17). The molecule has 1 aromatic carbocycles. The zero-order valence-corrected chi connectivity index (χ0v) is 10.4. The lowest BCUT2D eigenvalue weighted by Crippen LogP contribution is -2.14. The van der Waals surface area contributed by atoms with Gasteiger partial charge in [-0.05, 0) is 25.5 Å². The van der Waals surface area contributed by atoms with Gasteiger partial charge in [0.15, 0.2) is 0 Å². The first-order valence-corrected chi connectivity index (χ1v) is 5.55. The van der Waals surface area contributed by atoms with Crippen LogP contribution in [-0.4, -0.2) is 21.0 Å². The highest BCUT2D eigenvalue weighted by Crippen LogP contribution is 2.19. The van der Waals surface area contributed by atoms with Crippen molar-refractivity contribution in [3.05, 3.63) is 51.3 Å². The van der Waals surface area contributed by atoms with Crippen LogP contribution in [-0.2, 0) is 0 Å². The number of H-pyrrole nitrogens is 1. The summed E-state index contributed by atoms with van der Waals surface area (Å²) < 4.78 is 0. The van der Waals surface area contributed by atoms with Crippen LogP contribution in [0.5, 0.6) is 0 Å². The molecule has 0 unspecified atom stereocenters. The molecule has 1 amide bonds. The molecule has 2 N–H and O–H groups in total. The second kappa shape index (κ2) is 4.89. The number of nitro groups is 1. The Labute approximate surface area is 108 Å². The summed E-state index contributed by atoms with van der Waals surface area (Å²) in [4.78, 5) is 22.0. The van der Waals surface area contributed by atoms with Crippen LogP contribution in [0.1, 0.15) is 21.6 Å². The van der Waals surface area contributed by atoms with Crippen molar-refractivity contribution in [1.29, 1.82) is 0 Å². The van der Waals surface area contributed by atoms with Gasteiger partial charge in [0, 0.05) is 5.69 Å². The molecule has 0 aliphatic rings. The van der Waals surface area contributed by atoms with Gasteiger partial charge in [-0.2, -0.15) is 5.10 Å². The Morgan fingerprint density at radius 3 is 2.79 bits per heavy atom. The van der Waals surface area contributed by atoms with Crippen molar-refractivity contribution in [3.8, 4) is 0 Å². The lowest BCUT2D eigenvalue weighted by atomic mass is 10.1. The van der Waals surface area contributed by atoms with Gasteiger partial charge in [-0.15, -0.1) is 0 Å². The summed E-state index contributed by atoms with van der Waals surface area (Å²) >= 11 is 0. The molecule has 0 saturated carbocycles. The molecule has 0 saturated heterocycles. The number of aromatic nitrogens is 2. The van der Waals surface area contributed by atoms with E-state index in [-0.39, 0.29) is 11.4 Å². The molecule has 0 fully saturated rings. The van der Waals surface area contributed by atoms with Crippen molar-refractivity contribution in [3.63, 3.8) is 0 Å². The number of nitrogens with zero attached hydrogens (tertiary/aromatic N) is 2. The minimum atomic E-state index is -0.652. The minimum absolute atomic E-state index is 0.162. The summed E-state index contributed by atoms with van der Waals surface area (Å²) in [6.45, 7) is 3.79. The highest BCUT2D eigenvalue weighted by Gasteiger charge is 2.23. The number of aryl methyl sites for hydroxylation is 2. The van der Waals surface area contributed by atoms with E-state index in [1.807, 2.05) is 26.0 Å². The Bertz CT molecular complexity index is 648. The Balaban J connectivity index is 2.26. The van der Waals surface area contributed by atoms with Crippen LogP contribution in [0.25, 0.3) is 0 Å². The fraction of sp³-hybridized carbons (Fsp3) is 0.167. The minimum Gasteiger partial charge on any atom is -0.320 e. The van der Waals surface area contributed by atoms with Crippen molar-refractivity contribution < 1.29 is 9.72 Å². The van der Waals surface area contributed by atoms with E-state index in [0.29, 0.717) is 5.69 Å². The quantitative estimate of drug-likeness (QED) is 0.652. The van der Waals surface area contributed by atoms with Gasteiger partial charge in [0.2, 0.25) is 5.69 Å². The highest BCUT2D eigenvalue weighted by atomic mass is 16.6. The first kappa shape index (κ1) is 12.7. The van der Waals surface area contributed by atoms with Crippen LogP contribution >= 0.6 is 0 Å². The molecule has 7 nitrogen and oxygen atoms in total. The Morgan fingerprint density at radius 1 is 1.42 bits per heavy atom. The maximum atomic E-state index is 12.0. The molecular formula is C12H12N4O3. The fourth-order valence-electron chi connectivity index (χ4n) is 1.72. The molecule has 0 radical (unpaired) electrons. The number of amides is 1. The fourth-order valence-corrected chi connectivity index (χ4v) is 1.72. The molecule has 19 heavy (non-hydrogen) atoms. The van der Waals surface area contributed by atoms with Crippen LogP contribution < -0.4 is 5.32 Å². The lowest BCUT2D eigenvalue weighted by molar-refractivity contribution is -0.385. The van der Waals surface area contributed by atoms with E-state index in [1.54, 1.807) is 6.07 Å². The van der Waals surface area contributed by atoms with Gasteiger partial charge in [-0.25, -0.2) is 0 Å². The van der Waals surface area contributed by atoms with E-state index >= 15 is 0 Å². The molecule has 0 aliphatic heterocycles. The summed E-state index contributed by atoms with van der Waals surface area (Å²) in [5.74, 6) is -0.587.